The van der Waals surface area contributed by atoms with E-state index in [0.717, 1.165) is 15.2 Å². The van der Waals surface area contributed by atoms with E-state index in [9.17, 15) is 4.39 Å². The highest BCUT2D eigenvalue weighted by atomic mass is 32.1. The van der Waals surface area contributed by atoms with E-state index in [1.165, 1.54) is 6.08 Å². The second kappa shape index (κ2) is 4.61. The molecule has 0 saturated carbocycles. The Morgan fingerprint density at radius 1 is 1.56 bits per heavy atom. The molecule has 0 radical (unpaired) electrons. The number of aromatic nitrogens is 1. The summed E-state index contributed by atoms with van der Waals surface area (Å²) in [7, 11) is 0. The molecule has 2 rings (SSSR count). The molecule has 0 fully saturated rings. The number of ether oxygens (including phenoxy) is 1. The number of hydrogen-bond acceptors (Lipinski definition) is 3. The average Bonchev–Trinajstić information content (AvgIpc) is 2.65. The summed E-state index contributed by atoms with van der Waals surface area (Å²) >= 11 is 1.61. The molecule has 0 unspecified atom stereocenters. The van der Waals surface area contributed by atoms with Crippen LogP contribution in [0.5, 0.6) is 5.75 Å². The van der Waals surface area contributed by atoms with Crippen LogP contribution in [0.4, 0.5) is 4.39 Å². The number of nitrogens with zero attached hydrogens (tertiary/aromatic N) is 1. The second-order valence-corrected chi connectivity index (χ2v) is 4.62. The van der Waals surface area contributed by atoms with Crippen molar-refractivity contribution in [3.05, 3.63) is 35.1 Å². The molecular formula is C12H12FNOS. The van der Waals surface area contributed by atoms with E-state index in [4.69, 9.17) is 4.74 Å². The largest absolute Gasteiger partial charge is 0.486 e. The smallest absolute Gasteiger partial charge is 0.139 e. The van der Waals surface area contributed by atoms with Crippen molar-refractivity contribution in [2.75, 3.05) is 6.61 Å². The van der Waals surface area contributed by atoms with Gasteiger partial charge in [-0.25, -0.2) is 9.37 Å². The van der Waals surface area contributed by atoms with Crippen molar-refractivity contribution in [3.63, 3.8) is 0 Å². The molecular weight excluding hydrogens is 225 g/mol. The molecule has 0 N–H and O–H groups in total. The number of rotatable bonds is 3. The lowest BCUT2D eigenvalue weighted by atomic mass is 10.3. The van der Waals surface area contributed by atoms with Gasteiger partial charge >= 0.3 is 0 Å². The zero-order chi connectivity index (χ0) is 11.5. The highest BCUT2D eigenvalue weighted by Crippen LogP contribution is 2.26. The minimum atomic E-state index is -0.263. The van der Waals surface area contributed by atoms with Crippen LogP contribution in [0.25, 0.3) is 10.2 Å². The third-order valence-electron chi connectivity index (χ3n) is 2.16. The number of fused-ring (bicyclic) bond motifs is 1. The predicted octanol–water partition coefficient (Wildman–Crippen LogP) is 3.86. The molecule has 0 atom stereocenters. The second-order valence-electron chi connectivity index (χ2n) is 3.39. The van der Waals surface area contributed by atoms with Gasteiger partial charge in [0.2, 0.25) is 0 Å². The van der Waals surface area contributed by atoms with Gasteiger partial charge in [0, 0.05) is 0 Å². The molecule has 2 nitrogen and oxygen atoms in total. The van der Waals surface area contributed by atoms with Gasteiger partial charge in [-0.05, 0) is 32.0 Å². The number of hydrogen-bond donors (Lipinski definition) is 0. The number of benzene rings is 1. The summed E-state index contributed by atoms with van der Waals surface area (Å²) in [5.74, 6) is 0.411. The van der Waals surface area contributed by atoms with Crippen LogP contribution in [0.1, 0.15) is 11.9 Å². The van der Waals surface area contributed by atoms with E-state index in [2.05, 4.69) is 4.98 Å². The highest BCUT2D eigenvalue weighted by molar-refractivity contribution is 7.18. The van der Waals surface area contributed by atoms with Crippen LogP contribution in [-0.2, 0) is 0 Å². The molecule has 0 aliphatic carbocycles. The summed E-state index contributed by atoms with van der Waals surface area (Å²) in [6, 6.07) is 5.59. The Morgan fingerprint density at radius 2 is 2.38 bits per heavy atom. The molecule has 16 heavy (non-hydrogen) atoms. The van der Waals surface area contributed by atoms with E-state index in [1.807, 2.05) is 25.1 Å². The van der Waals surface area contributed by atoms with Crippen LogP contribution < -0.4 is 4.74 Å². The van der Waals surface area contributed by atoms with E-state index >= 15 is 0 Å². The molecule has 2 aromatic rings. The van der Waals surface area contributed by atoms with Crippen LogP contribution in [0.2, 0.25) is 0 Å². The maximum absolute atomic E-state index is 12.9. The predicted molar refractivity (Wildman–Crippen MR) is 64.7 cm³/mol. The molecule has 4 heteroatoms. The lowest BCUT2D eigenvalue weighted by molar-refractivity contribution is 0.319. The Morgan fingerprint density at radius 3 is 3.12 bits per heavy atom. The fraction of sp³-hybridized carbons (Fsp3) is 0.250. The molecule has 1 aromatic heterocycles. The normalized spacial score (nSPS) is 12.1. The number of thiazole rings is 1. The average molecular weight is 237 g/mol. The van der Waals surface area contributed by atoms with E-state index in [-0.39, 0.29) is 12.4 Å². The summed E-state index contributed by atoms with van der Waals surface area (Å²) in [6.45, 7) is 3.60. The highest BCUT2D eigenvalue weighted by Gasteiger charge is 2.03. The SMILES string of the molecule is C/C=C(/F)COc1ccc2nc(C)sc2c1. The number of allylic oxidation sites excluding steroid dienone is 1. The third-order valence-corrected chi connectivity index (χ3v) is 3.09. The molecule has 84 valence electrons. The van der Waals surface area contributed by atoms with E-state index in [1.54, 1.807) is 18.3 Å². The molecule has 0 spiro atoms. The van der Waals surface area contributed by atoms with Gasteiger partial charge in [0.15, 0.2) is 0 Å². The molecule has 0 bridgehead atoms. The van der Waals surface area contributed by atoms with Gasteiger partial charge in [-0.3, -0.25) is 0 Å². The van der Waals surface area contributed by atoms with Crippen LogP contribution in [0, 0.1) is 6.92 Å². The Bertz CT molecular complexity index is 533. The fourth-order valence-electron chi connectivity index (χ4n) is 1.35. The van der Waals surface area contributed by atoms with Gasteiger partial charge in [-0.15, -0.1) is 11.3 Å². The molecule has 1 aromatic carbocycles. The molecule has 0 saturated heterocycles. The van der Waals surface area contributed by atoms with Crippen LogP contribution in [-0.4, -0.2) is 11.6 Å². The maximum Gasteiger partial charge on any atom is 0.139 e. The zero-order valence-electron chi connectivity index (χ0n) is 9.16. The molecule has 0 amide bonds. The van der Waals surface area contributed by atoms with Gasteiger partial charge in [0.05, 0.1) is 15.2 Å². The van der Waals surface area contributed by atoms with Crippen molar-refractivity contribution >= 4 is 21.6 Å². The van der Waals surface area contributed by atoms with Gasteiger partial charge in [0.1, 0.15) is 18.2 Å². The summed E-state index contributed by atoms with van der Waals surface area (Å²) in [4.78, 5) is 4.34. The summed E-state index contributed by atoms with van der Waals surface area (Å²) < 4.78 is 19.2. The Hall–Kier alpha value is -1.42. The first kappa shape index (κ1) is 11.1. The van der Waals surface area contributed by atoms with Gasteiger partial charge in [-0.1, -0.05) is 6.08 Å². The summed E-state index contributed by atoms with van der Waals surface area (Å²) in [5, 5.41) is 1.02. The standard InChI is InChI=1S/C12H12FNOS/c1-3-9(13)7-15-10-4-5-11-12(6-10)16-8(2)14-11/h3-6H,7H2,1-2H3/b9-3+. The van der Waals surface area contributed by atoms with Crippen LogP contribution >= 0.6 is 11.3 Å². The lowest BCUT2D eigenvalue weighted by Gasteiger charge is -2.03. The number of aryl methyl sites for hydroxylation is 1. The first-order valence-electron chi connectivity index (χ1n) is 4.99. The molecule has 0 aliphatic rings. The minimum absolute atomic E-state index is 0.0141. The van der Waals surface area contributed by atoms with Crippen LogP contribution in [0.15, 0.2) is 30.1 Å². The van der Waals surface area contributed by atoms with Crippen molar-refractivity contribution in [1.82, 2.24) is 4.98 Å². The molecule has 0 aliphatic heterocycles. The van der Waals surface area contributed by atoms with Gasteiger partial charge in [-0.2, -0.15) is 0 Å². The van der Waals surface area contributed by atoms with Crippen molar-refractivity contribution in [3.8, 4) is 5.75 Å². The first-order valence-corrected chi connectivity index (χ1v) is 5.81. The Kier molecular flexibility index (Phi) is 3.19. The van der Waals surface area contributed by atoms with Crippen molar-refractivity contribution in [2.45, 2.75) is 13.8 Å². The molecule has 1 heterocycles. The maximum atomic E-state index is 12.9. The van der Waals surface area contributed by atoms with Gasteiger partial charge < -0.3 is 4.74 Å². The van der Waals surface area contributed by atoms with Crippen molar-refractivity contribution in [1.29, 1.82) is 0 Å². The van der Waals surface area contributed by atoms with Gasteiger partial charge in [0.25, 0.3) is 0 Å². The summed E-state index contributed by atoms with van der Waals surface area (Å²) in [6.07, 6.45) is 1.40. The Labute approximate surface area is 97.4 Å². The van der Waals surface area contributed by atoms with Crippen molar-refractivity contribution in [2.24, 2.45) is 0 Å². The topological polar surface area (TPSA) is 22.1 Å². The van der Waals surface area contributed by atoms with E-state index < -0.39 is 0 Å². The quantitative estimate of drug-likeness (QED) is 0.808. The fourth-order valence-corrected chi connectivity index (χ4v) is 2.20. The summed E-state index contributed by atoms with van der Waals surface area (Å²) in [5.41, 5.74) is 0.960. The minimum Gasteiger partial charge on any atom is -0.486 e. The lowest BCUT2D eigenvalue weighted by Crippen LogP contribution is -1.97. The zero-order valence-corrected chi connectivity index (χ0v) is 9.97. The van der Waals surface area contributed by atoms with E-state index in [0.29, 0.717) is 5.75 Å². The van der Waals surface area contributed by atoms with Crippen molar-refractivity contribution < 1.29 is 9.13 Å². The van der Waals surface area contributed by atoms with Crippen LogP contribution in [0.3, 0.4) is 0 Å². The number of halogens is 1. The first-order chi connectivity index (χ1) is 7.69. The Balaban J connectivity index is 2.19. The third kappa shape index (κ3) is 2.39. The monoisotopic (exact) mass is 237 g/mol.